The lowest BCUT2D eigenvalue weighted by Crippen LogP contribution is -2.12. The molecule has 8 nitrogen and oxygen atoms in total. The standard InChI is InChI=1S/C10H22O8S2/c1-3-9-19(11,12)16-8-6-5-7-15-17-18-20(13,14)10-4-2/h3-10H2,1-2H3. The molecule has 0 rings (SSSR count). The Kier molecular flexibility index (Phi) is 10.3. The molecule has 122 valence electrons. The van der Waals surface area contributed by atoms with Crippen molar-refractivity contribution in [2.45, 2.75) is 39.5 Å². The van der Waals surface area contributed by atoms with Crippen LogP contribution in [0.3, 0.4) is 0 Å². The Hall–Kier alpha value is -0.260. The molecule has 0 radical (unpaired) electrons. The van der Waals surface area contributed by atoms with Gasteiger partial charge in [0.2, 0.25) is 0 Å². The van der Waals surface area contributed by atoms with Crippen molar-refractivity contribution in [3.63, 3.8) is 0 Å². The predicted octanol–water partition coefficient (Wildman–Crippen LogP) is 1.14. The Morgan fingerprint density at radius 1 is 0.800 bits per heavy atom. The fourth-order valence-electron chi connectivity index (χ4n) is 1.14. The Balaban J connectivity index is 3.51. The van der Waals surface area contributed by atoms with Crippen LogP contribution in [0.4, 0.5) is 0 Å². The van der Waals surface area contributed by atoms with Crippen LogP contribution in [-0.4, -0.2) is 41.6 Å². The second kappa shape index (κ2) is 10.5. The molecule has 0 aliphatic carbocycles. The predicted molar refractivity (Wildman–Crippen MR) is 71.5 cm³/mol. The van der Waals surface area contributed by atoms with E-state index < -0.39 is 20.2 Å². The lowest BCUT2D eigenvalue weighted by molar-refractivity contribution is -0.464. The fraction of sp³-hybridized carbons (Fsp3) is 1.00. The summed E-state index contributed by atoms with van der Waals surface area (Å²) in [7, 11) is -7.14. The molecule has 0 saturated carbocycles. The topological polar surface area (TPSA) is 105 Å². The van der Waals surface area contributed by atoms with Gasteiger partial charge < -0.3 is 0 Å². The van der Waals surface area contributed by atoms with Crippen molar-refractivity contribution < 1.29 is 35.3 Å². The third-order valence-corrected chi connectivity index (χ3v) is 4.58. The van der Waals surface area contributed by atoms with Crippen molar-refractivity contribution >= 4 is 20.2 Å². The molecule has 10 heteroatoms. The summed E-state index contributed by atoms with van der Waals surface area (Å²) >= 11 is 0. The molecule has 0 fully saturated rings. The van der Waals surface area contributed by atoms with Gasteiger partial charge in [0.25, 0.3) is 20.2 Å². The van der Waals surface area contributed by atoms with Crippen LogP contribution < -0.4 is 0 Å². The maximum atomic E-state index is 11.2. The summed E-state index contributed by atoms with van der Waals surface area (Å²) in [5.41, 5.74) is 0. The lowest BCUT2D eigenvalue weighted by atomic mass is 10.3. The number of rotatable bonds is 13. The summed E-state index contributed by atoms with van der Waals surface area (Å²) in [6, 6.07) is 0. The summed E-state index contributed by atoms with van der Waals surface area (Å²) in [5.74, 6) is -0.158. The minimum Gasteiger partial charge on any atom is -0.270 e. The van der Waals surface area contributed by atoms with Crippen LogP contribution in [0.15, 0.2) is 0 Å². The van der Waals surface area contributed by atoms with Gasteiger partial charge in [0.05, 0.1) is 24.7 Å². The fourth-order valence-corrected chi connectivity index (χ4v) is 2.82. The van der Waals surface area contributed by atoms with Gasteiger partial charge in [0.1, 0.15) is 0 Å². The molecule has 0 aromatic rings. The molecule has 0 unspecified atom stereocenters. The summed E-state index contributed by atoms with van der Waals surface area (Å²) < 4.78 is 53.2. The first-order chi connectivity index (χ1) is 9.33. The monoisotopic (exact) mass is 334 g/mol. The average molecular weight is 334 g/mol. The molecule has 0 aliphatic heterocycles. The minimum absolute atomic E-state index is 0.00423. The minimum atomic E-state index is -3.71. The van der Waals surface area contributed by atoms with Gasteiger partial charge in [-0.1, -0.05) is 23.2 Å². The average Bonchev–Trinajstić information content (AvgIpc) is 2.32. The Morgan fingerprint density at radius 3 is 1.95 bits per heavy atom. The Bertz CT molecular complexity index is 386. The van der Waals surface area contributed by atoms with E-state index >= 15 is 0 Å². The molecule has 0 aliphatic rings. The quantitative estimate of drug-likeness (QED) is 0.214. The summed E-state index contributed by atoms with van der Waals surface area (Å²) in [5, 5.41) is 4.09. The van der Waals surface area contributed by atoms with Gasteiger partial charge in [-0.05, 0) is 25.7 Å². The van der Waals surface area contributed by atoms with Crippen LogP contribution in [0, 0.1) is 0 Å². The van der Waals surface area contributed by atoms with Crippen molar-refractivity contribution in [1.82, 2.24) is 0 Å². The van der Waals surface area contributed by atoms with Gasteiger partial charge in [0, 0.05) is 0 Å². The third-order valence-electron chi connectivity index (χ3n) is 1.97. The van der Waals surface area contributed by atoms with Crippen LogP contribution in [0.1, 0.15) is 39.5 Å². The third kappa shape index (κ3) is 11.6. The Labute approximate surface area is 120 Å². The van der Waals surface area contributed by atoms with Crippen molar-refractivity contribution in [1.29, 1.82) is 0 Å². The number of hydrogen-bond acceptors (Lipinski definition) is 8. The van der Waals surface area contributed by atoms with E-state index in [4.69, 9.17) is 4.18 Å². The lowest BCUT2D eigenvalue weighted by Gasteiger charge is -2.05. The maximum absolute atomic E-state index is 11.2. The van der Waals surface area contributed by atoms with Gasteiger partial charge >= 0.3 is 0 Å². The van der Waals surface area contributed by atoms with Gasteiger partial charge in [-0.3, -0.25) is 4.18 Å². The van der Waals surface area contributed by atoms with Crippen molar-refractivity contribution in [2.24, 2.45) is 0 Å². The Morgan fingerprint density at radius 2 is 1.35 bits per heavy atom. The van der Waals surface area contributed by atoms with Crippen LogP contribution in [-0.2, 0) is 38.7 Å². The summed E-state index contributed by atoms with van der Waals surface area (Å²) in [4.78, 5) is 4.49. The second-order valence-corrected chi connectivity index (χ2v) is 7.43. The van der Waals surface area contributed by atoms with Gasteiger partial charge in [-0.15, -0.1) is 0 Å². The first-order valence-electron chi connectivity index (χ1n) is 6.40. The zero-order chi connectivity index (χ0) is 15.5. The van der Waals surface area contributed by atoms with Crippen LogP contribution in [0.25, 0.3) is 0 Å². The first kappa shape index (κ1) is 19.7. The number of hydrogen-bond donors (Lipinski definition) is 0. The molecule has 0 N–H and O–H groups in total. The zero-order valence-corrected chi connectivity index (χ0v) is 13.4. The highest BCUT2D eigenvalue weighted by Crippen LogP contribution is 2.01. The first-order valence-corrected chi connectivity index (χ1v) is 9.56. The zero-order valence-electron chi connectivity index (χ0n) is 11.7. The normalized spacial score (nSPS) is 12.7. The van der Waals surface area contributed by atoms with Crippen molar-refractivity contribution in [3.8, 4) is 0 Å². The molecule has 0 saturated heterocycles. The molecule has 0 bridgehead atoms. The highest BCUT2D eigenvalue weighted by atomic mass is 32.2. The highest BCUT2D eigenvalue weighted by molar-refractivity contribution is 7.86. The van der Waals surface area contributed by atoms with E-state index in [-0.39, 0.29) is 24.7 Å². The van der Waals surface area contributed by atoms with Crippen LogP contribution in [0.5, 0.6) is 0 Å². The van der Waals surface area contributed by atoms with Crippen molar-refractivity contribution in [3.05, 3.63) is 0 Å². The summed E-state index contributed by atoms with van der Waals surface area (Å²) in [6.45, 7) is 3.56. The molecule has 0 heterocycles. The highest BCUT2D eigenvalue weighted by Gasteiger charge is 2.11. The van der Waals surface area contributed by atoms with E-state index in [9.17, 15) is 16.8 Å². The molecular formula is C10H22O8S2. The molecule has 0 aromatic carbocycles. The molecule has 20 heavy (non-hydrogen) atoms. The molecule has 0 aromatic heterocycles. The molecule has 0 amide bonds. The molecule has 0 spiro atoms. The van der Waals surface area contributed by atoms with E-state index in [1.165, 1.54) is 0 Å². The van der Waals surface area contributed by atoms with E-state index in [1.807, 2.05) is 0 Å². The van der Waals surface area contributed by atoms with E-state index in [1.54, 1.807) is 13.8 Å². The van der Waals surface area contributed by atoms with Gasteiger partial charge in [0.15, 0.2) is 0 Å². The van der Waals surface area contributed by atoms with Gasteiger partial charge in [-0.25, -0.2) is 4.89 Å². The SMILES string of the molecule is CCCS(=O)(=O)OCCCCOOOS(=O)(=O)CCC. The van der Waals surface area contributed by atoms with E-state index in [0.29, 0.717) is 25.7 Å². The molecular weight excluding hydrogens is 312 g/mol. The van der Waals surface area contributed by atoms with Gasteiger partial charge in [-0.2, -0.15) is 16.8 Å². The van der Waals surface area contributed by atoms with E-state index in [0.717, 1.165) is 0 Å². The van der Waals surface area contributed by atoms with Crippen LogP contribution >= 0.6 is 0 Å². The summed E-state index contributed by atoms with van der Waals surface area (Å²) in [6.07, 6.45) is 1.80. The molecule has 0 atom stereocenters. The van der Waals surface area contributed by atoms with Crippen molar-refractivity contribution in [2.75, 3.05) is 24.7 Å². The van der Waals surface area contributed by atoms with Crippen LogP contribution in [0.2, 0.25) is 0 Å². The van der Waals surface area contributed by atoms with E-state index in [2.05, 4.69) is 14.3 Å². The second-order valence-electron chi connectivity index (χ2n) is 4.01. The smallest absolute Gasteiger partial charge is 0.270 e. The number of unbranched alkanes of at least 4 members (excludes halogenated alkanes) is 1. The largest absolute Gasteiger partial charge is 0.295 e. The maximum Gasteiger partial charge on any atom is 0.295 e.